The second-order valence-corrected chi connectivity index (χ2v) is 7.25. The van der Waals surface area contributed by atoms with Gasteiger partial charge >= 0.3 is 6.03 Å². The summed E-state index contributed by atoms with van der Waals surface area (Å²) >= 11 is 0. The van der Waals surface area contributed by atoms with Crippen molar-refractivity contribution in [2.24, 2.45) is 0 Å². The van der Waals surface area contributed by atoms with E-state index in [0.29, 0.717) is 25.1 Å². The van der Waals surface area contributed by atoms with Crippen molar-refractivity contribution < 1.29 is 9.59 Å². The molecular weight excluding hydrogens is 362 g/mol. The Hall–Kier alpha value is -3.60. The maximum Gasteiger partial charge on any atom is 0.323 e. The maximum atomic E-state index is 12.5. The molecule has 5 nitrogen and oxygen atoms in total. The normalized spacial score (nSPS) is 13.0. The molecule has 0 atom stereocenters. The van der Waals surface area contributed by atoms with Gasteiger partial charge in [0.2, 0.25) is 5.91 Å². The molecular formula is C24H23N3O2. The highest BCUT2D eigenvalue weighted by Crippen LogP contribution is 2.31. The summed E-state index contributed by atoms with van der Waals surface area (Å²) in [5.74, 6) is 0.124. The van der Waals surface area contributed by atoms with Crippen molar-refractivity contribution in [3.05, 3.63) is 89.5 Å². The van der Waals surface area contributed by atoms with Crippen LogP contribution in [0.1, 0.15) is 23.1 Å². The molecule has 0 saturated carbocycles. The molecule has 4 rings (SSSR count). The van der Waals surface area contributed by atoms with Crippen LogP contribution in [-0.4, -0.2) is 11.9 Å². The van der Waals surface area contributed by atoms with Gasteiger partial charge in [-0.3, -0.25) is 4.79 Å². The Morgan fingerprint density at radius 3 is 2.34 bits per heavy atom. The summed E-state index contributed by atoms with van der Waals surface area (Å²) in [6, 6.07) is 23.0. The number of carbonyl (C=O) groups is 2. The summed E-state index contributed by atoms with van der Waals surface area (Å²) in [6.07, 6.45) is 1.15. The summed E-state index contributed by atoms with van der Waals surface area (Å²) in [7, 11) is 0. The maximum absolute atomic E-state index is 12.5. The van der Waals surface area contributed by atoms with Crippen LogP contribution in [0.2, 0.25) is 0 Å². The van der Waals surface area contributed by atoms with Crippen molar-refractivity contribution in [2.75, 3.05) is 15.5 Å². The fraction of sp³-hybridized carbons (Fsp3) is 0.167. The number of rotatable bonds is 4. The minimum atomic E-state index is -0.290. The van der Waals surface area contributed by atoms with Gasteiger partial charge in [0, 0.05) is 23.5 Å². The molecule has 1 aliphatic heterocycles. The van der Waals surface area contributed by atoms with E-state index in [1.807, 2.05) is 84.6 Å². The van der Waals surface area contributed by atoms with Gasteiger partial charge in [0.25, 0.3) is 0 Å². The molecule has 1 aliphatic rings. The SMILES string of the molecule is Cc1ccc(NC(=O)Nc2ccc3c(c2)CCC(=O)N3Cc2ccccc2)cc1. The summed E-state index contributed by atoms with van der Waals surface area (Å²) in [6.45, 7) is 2.55. The molecule has 0 spiro atoms. The first kappa shape index (κ1) is 18.7. The van der Waals surface area contributed by atoms with E-state index in [-0.39, 0.29) is 11.9 Å². The van der Waals surface area contributed by atoms with E-state index in [1.54, 1.807) is 0 Å². The van der Waals surface area contributed by atoms with Gasteiger partial charge in [-0.15, -0.1) is 0 Å². The summed E-state index contributed by atoms with van der Waals surface area (Å²) < 4.78 is 0. The number of carbonyl (C=O) groups excluding carboxylic acids is 2. The van der Waals surface area contributed by atoms with Crippen LogP contribution < -0.4 is 15.5 Å². The summed E-state index contributed by atoms with van der Waals surface area (Å²) in [5, 5.41) is 5.71. The van der Waals surface area contributed by atoms with E-state index in [1.165, 1.54) is 0 Å². The van der Waals surface area contributed by atoms with Gasteiger partial charge in [0.1, 0.15) is 0 Å². The van der Waals surface area contributed by atoms with Crippen LogP contribution in [0, 0.1) is 6.92 Å². The number of amides is 3. The number of benzene rings is 3. The molecule has 0 bridgehead atoms. The molecule has 3 aromatic carbocycles. The van der Waals surface area contributed by atoms with Crippen molar-refractivity contribution in [1.29, 1.82) is 0 Å². The molecule has 29 heavy (non-hydrogen) atoms. The second-order valence-electron chi connectivity index (χ2n) is 7.25. The van der Waals surface area contributed by atoms with Gasteiger partial charge in [0.05, 0.1) is 6.54 Å². The van der Waals surface area contributed by atoms with Crippen molar-refractivity contribution in [3.63, 3.8) is 0 Å². The zero-order valence-corrected chi connectivity index (χ0v) is 16.3. The average molecular weight is 385 g/mol. The van der Waals surface area contributed by atoms with Gasteiger partial charge in [-0.05, 0) is 54.8 Å². The van der Waals surface area contributed by atoms with Crippen molar-refractivity contribution in [3.8, 4) is 0 Å². The van der Waals surface area contributed by atoms with E-state index in [4.69, 9.17) is 0 Å². The molecule has 3 aromatic rings. The Bertz CT molecular complexity index is 1030. The fourth-order valence-electron chi connectivity index (χ4n) is 3.51. The minimum absolute atomic E-state index is 0.124. The third kappa shape index (κ3) is 4.46. The molecule has 1 heterocycles. The third-order valence-corrected chi connectivity index (χ3v) is 5.03. The lowest BCUT2D eigenvalue weighted by Gasteiger charge is -2.30. The van der Waals surface area contributed by atoms with Crippen molar-refractivity contribution in [2.45, 2.75) is 26.3 Å². The topological polar surface area (TPSA) is 61.4 Å². The van der Waals surface area contributed by atoms with Gasteiger partial charge in [0.15, 0.2) is 0 Å². The number of aryl methyl sites for hydroxylation is 2. The van der Waals surface area contributed by atoms with Crippen LogP contribution in [0.4, 0.5) is 21.9 Å². The van der Waals surface area contributed by atoms with Crippen molar-refractivity contribution >= 4 is 29.0 Å². The van der Waals surface area contributed by atoms with Crippen LogP contribution in [0.3, 0.4) is 0 Å². The van der Waals surface area contributed by atoms with E-state index >= 15 is 0 Å². The van der Waals surface area contributed by atoms with E-state index in [0.717, 1.165) is 28.1 Å². The zero-order chi connectivity index (χ0) is 20.2. The average Bonchev–Trinajstić information content (AvgIpc) is 2.72. The van der Waals surface area contributed by atoms with Gasteiger partial charge < -0.3 is 15.5 Å². The Morgan fingerprint density at radius 2 is 1.59 bits per heavy atom. The summed E-state index contributed by atoms with van der Waals surface area (Å²) in [5.41, 5.74) is 5.66. The van der Waals surface area contributed by atoms with E-state index in [2.05, 4.69) is 10.6 Å². The Morgan fingerprint density at radius 1 is 0.897 bits per heavy atom. The van der Waals surface area contributed by atoms with Crippen LogP contribution in [0.5, 0.6) is 0 Å². The first-order valence-electron chi connectivity index (χ1n) is 9.70. The highest BCUT2D eigenvalue weighted by Gasteiger charge is 2.24. The van der Waals surface area contributed by atoms with E-state index < -0.39 is 0 Å². The second kappa shape index (κ2) is 8.19. The third-order valence-electron chi connectivity index (χ3n) is 5.03. The molecule has 0 saturated heterocycles. The monoisotopic (exact) mass is 385 g/mol. The lowest BCUT2D eigenvalue weighted by atomic mass is 9.99. The first-order valence-corrected chi connectivity index (χ1v) is 9.70. The smallest absolute Gasteiger partial charge is 0.308 e. The highest BCUT2D eigenvalue weighted by molar-refractivity contribution is 6.01. The molecule has 0 aromatic heterocycles. The predicted molar refractivity (Wildman–Crippen MR) is 116 cm³/mol. The van der Waals surface area contributed by atoms with Crippen LogP contribution in [-0.2, 0) is 17.8 Å². The lowest BCUT2D eigenvalue weighted by Crippen LogP contribution is -2.34. The summed E-state index contributed by atoms with van der Waals surface area (Å²) in [4.78, 5) is 26.6. The van der Waals surface area contributed by atoms with Crippen LogP contribution in [0.15, 0.2) is 72.8 Å². The van der Waals surface area contributed by atoms with Gasteiger partial charge in [-0.1, -0.05) is 48.0 Å². The van der Waals surface area contributed by atoms with Crippen molar-refractivity contribution in [1.82, 2.24) is 0 Å². The minimum Gasteiger partial charge on any atom is -0.308 e. The lowest BCUT2D eigenvalue weighted by molar-refractivity contribution is -0.119. The molecule has 0 radical (unpaired) electrons. The molecule has 0 unspecified atom stereocenters. The largest absolute Gasteiger partial charge is 0.323 e. The van der Waals surface area contributed by atoms with Gasteiger partial charge in [-0.2, -0.15) is 0 Å². The number of hydrogen-bond donors (Lipinski definition) is 2. The molecule has 0 fully saturated rings. The number of fused-ring (bicyclic) bond motifs is 1. The molecule has 146 valence electrons. The predicted octanol–water partition coefficient (Wildman–Crippen LogP) is 5.12. The number of anilines is 3. The molecule has 0 aliphatic carbocycles. The molecule has 5 heteroatoms. The number of hydrogen-bond acceptors (Lipinski definition) is 2. The zero-order valence-electron chi connectivity index (χ0n) is 16.3. The Kier molecular flexibility index (Phi) is 5.29. The Balaban J connectivity index is 1.48. The van der Waals surface area contributed by atoms with Crippen LogP contribution in [0.25, 0.3) is 0 Å². The number of urea groups is 1. The molecule has 2 N–H and O–H groups in total. The standard InChI is InChI=1S/C24H23N3O2/c1-17-7-10-20(11-8-17)25-24(29)26-21-12-13-22-19(15-21)9-14-23(28)27(22)16-18-5-3-2-4-6-18/h2-8,10-13,15H,9,14,16H2,1H3,(H2,25,26,29). The van der Waals surface area contributed by atoms with E-state index in [9.17, 15) is 9.59 Å². The highest BCUT2D eigenvalue weighted by atomic mass is 16.2. The Labute approximate surface area is 170 Å². The first-order chi connectivity index (χ1) is 14.1. The number of nitrogens with zero attached hydrogens (tertiary/aromatic N) is 1. The number of nitrogens with one attached hydrogen (secondary N) is 2. The van der Waals surface area contributed by atoms with Crippen LogP contribution >= 0.6 is 0 Å². The molecule has 3 amide bonds. The quantitative estimate of drug-likeness (QED) is 0.655. The van der Waals surface area contributed by atoms with Gasteiger partial charge in [-0.25, -0.2) is 4.79 Å². The fourth-order valence-corrected chi connectivity index (χ4v) is 3.51.